The Bertz CT molecular complexity index is 2690. The van der Waals surface area contributed by atoms with E-state index in [4.69, 9.17) is 14.2 Å². The zero-order valence-electron chi connectivity index (χ0n) is 38.1. The molecule has 0 unspecified atom stereocenters. The van der Waals surface area contributed by atoms with E-state index in [1.54, 1.807) is 45.9 Å². The lowest BCUT2D eigenvalue weighted by Crippen LogP contribution is -2.34. The van der Waals surface area contributed by atoms with Crippen molar-refractivity contribution in [3.05, 3.63) is 154 Å². The zero-order chi connectivity index (χ0) is 51.3. The number of esters is 3. The molecule has 0 aliphatic carbocycles. The number of allylic oxidation sites excluding steroid dienone is 3. The van der Waals surface area contributed by atoms with Crippen LogP contribution in [-0.4, -0.2) is 74.9 Å². The third-order valence-corrected chi connectivity index (χ3v) is 10.7. The topological polar surface area (TPSA) is 333 Å². The van der Waals surface area contributed by atoms with Crippen molar-refractivity contribution >= 4 is 58.7 Å². The number of benzene rings is 3. The van der Waals surface area contributed by atoms with Crippen LogP contribution in [0.2, 0.25) is 0 Å². The second-order valence-electron chi connectivity index (χ2n) is 15.8. The third-order valence-electron chi connectivity index (χ3n) is 10.7. The first-order chi connectivity index (χ1) is 32.5. The Labute approximate surface area is 393 Å². The van der Waals surface area contributed by atoms with Gasteiger partial charge in [-0.05, 0) is 44.4 Å². The lowest BCUT2D eigenvalue weighted by molar-refractivity contribution is -0.385. The fourth-order valence-corrected chi connectivity index (χ4v) is 7.54. The molecule has 3 aliphatic rings. The molecule has 4 N–H and O–H groups in total. The number of rotatable bonds is 13. The molecule has 69 heavy (non-hydrogen) atoms. The summed E-state index contributed by atoms with van der Waals surface area (Å²) in [6.07, 6.45) is -0.0540. The van der Waals surface area contributed by atoms with Crippen molar-refractivity contribution in [3.8, 4) is 0 Å². The number of aliphatic carboxylic acids is 1. The maximum absolute atomic E-state index is 12.5. The van der Waals surface area contributed by atoms with E-state index in [9.17, 15) is 69.0 Å². The van der Waals surface area contributed by atoms with Crippen LogP contribution in [-0.2, 0) is 47.8 Å². The standard InChI is InChI=1S/C18H20N2O7.C15H16N2O5.C13H12N2O5/c1-10(2)17(22)26-9-27-18(23)16-11(3)19-15(21)8-14(16)12-5-4-6-13(7-12)20(24)25;1-3-22-15(19)14-9(2)16-13(18)8-12(14)10-5-4-6-11(7-10)17(20)21;1-7-12(13(17)18)10(6-11(16)14-7)8-3-2-4-9(5-8)15(19)20/h4-7,10,14H,8-9H2,1-3H3,(H,19,21);4-7,12H,3,8H2,1-2H3,(H,16,18);2-5,10H,6H2,1H3,(H,14,16)(H,17,18)/t14-;12-;10-/m000/s1. The van der Waals surface area contributed by atoms with E-state index in [1.807, 2.05) is 0 Å². The quantitative estimate of drug-likeness (QED) is 0.0684. The number of amides is 3. The highest BCUT2D eigenvalue weighted by Gasteiger charge is 2.36. The summed E-state index contributed by atoms with van der Waals surface area (Å²) in [5.74, 6) is -6.08. The van der Waals surface area contributed by atoms with Gasteiger partial charge in [-0.3, -0.25) is 49.5 Å². The van der Waals surface area contributed by atoms with Crippen LogP contribution in [0.3, 0.4) is 0 Å². The van der Waals surface area contributed by atoms with Crippen molar-refractivity contribution in [2.24, 2.45) is 5.92 Å². The third kappa shape index (κ3) is 13.9. The first kappa shape index (κ1) is 53.0. The smallest absolute Gasteiger partial charge is 0.339 e. The number of non-ortho nitro benzene ring substituents is 3. The number of nitro benzene ring substituents is 3. The van der Waals surface area contributed by atoms with E-state index in [1.165, 1.54) is 68.4 Å². The van der Waals surface area contributed by atoms with Crippen LogP contribution in [0.15, 0.2) is 107 Å². The van der Waals surface area contributed by atoms with Gasteiger partial charge in [0.2, 0.25) is 24.5 Å². The number of hydrogen-bond acceptors (Lipinski definition) is 16. The molecular weight excluding hydrogens is 909 g/mol. The molecule has 0 spiro atoms. The average Bonchev–Trinajstić information content (AvgIpc) is 3.28. The van der Waals surface area contributed by atoms with E-state index in [0.717, 1.165) is 0 Å². The van der Waals surface area contributed by atoms with Crippen LogP contribution in [0.1, 0.15) is 95.2 Å². The van der Waals surface area contributed by atoms with Crippen molar-refractivity contribution in [1.29, 1.82) is 0 Å². The van der Waals surface area contributed by atoms with E-state index in [0.29, 0.717) is 33.7 Å². The van der Waals surface area contributed by atoms with Crippen molar-refractivity contribution in [2.45, 2.75) is 78.6 Å². The number of carboxylic acids is 1. The second kappa shape index (κ2) is 23.7. The summed E-state index contributed by atoms with van der Waals surface area (Å²) in [6, 6.07) is 17.4. The number of nitro groups is 3. The summed E-state index contributed by atoms with van der Waals surface area (Å²) in [4.78, 5) is 114. The summed E-state index contributed by atoms with van der Waals surface area (Å²) in [7, 11) is 0. The van der Waals surface area contributed by atoms with E-state index >= 15 is 0 Å². The molecule has 3 heterocycles. The molecule has 23 heteroatoms. The summed E-state index contributed by atoms with van der Waals surface area (Å²) >= 11 is 0. The minimum atomic E-state index is -1.14. The van der Waals surface area contributed by atoms with E-state index in [2.05, 4.69) is 16.0 Å². The number of nitrogens with zero attached hydrogens (tertiary/aromatic N) is 3. The minimum absolute atomic E-state index is 0.0415. The summed E-state index contributed by atoms with van der Waals surface area (Å²) in [5, 5.41) is 49.6. The highest BCUT2D eigenvalue weighted by atomic mass is 16.7. The highest BCUT2D eigenvalue weighted by Crippen LogP contribution is 2.37. The highest BCUT2D eigenvalue weighted by molar-refractivity contribution is 5.97. The average molecular weight is 957 g/mol. The molecule has 0 radical (unpaired) electrons. The van der Waals surface area contributed by atoms with Crippen molar-refractivity contribution in [3.63, 3.8) is 0 Å². The molecular formula is C46H48N6O17. The van der Waals surface area contributed by atoms with Crippen molar-refractivity contribution in [1.82, 2.24) is 16.0 Å². The van der Waals surface area contributed by atoms with Crippen molar-refractivity contribution in [2.75, 3.05) is 13.4 Å². The number of carbonyl (C=O) groups excluding carboxylic acids is 6. The molecule has 6 rings (SSSR count). The fraction of sp³-hybridized carbons (Fsp3) is 0.326. The van der Waals surface area contributed by atoms with Crippen LogP contribution in [0.5, 0.6) is 0 Å². The van der Waals surface area contributed by atoms with Crippen LogP contribution < -0.4 is 16.0 Å². The van der Waals surface area contributed by atoms with Gasteiger partial charge in [-0.2, -0.15) is 0 Å². The zero-order valence-corrected chi connectivity index (χ0v) is 38.1. The van der Waals surface area contributed by atoms with Gasteiger partial charge in [-0.15, -0.1) is 0 Å². The van der Waals surface area contributed by atoms with Gasteiger partial charge in [-0.1, -0.05) is 50.2 Å². The number of carboxylic acid groups (broad SMARTS) is 1. The monoisotopic (exact) mass is 956 g/mol. The summed E-state index contributed by atoms with van der Waals surface area (Å²) in [6.45, 7) is 9.30. The van der Waals surface area contributed by atoms with Gasteiger partial charge in [0.1, 0.15) is 0 Å². The second-order valence-corrected chi connectivity index (χ2v) is 15.8. The van der Waals surface area contributed by atoms with Gasteiger partial charge in [0.05, 0.1) is 44.0 Å². The van der Waals surface area contributed by atoms with Crippen LogP contribution in [0, 0.1) is 36.3 Å². The minimum Gasteiger partial charge on any atom is -0.478 e. The molecule has 3 aliphatic heterocycles. The molecule has 364 valence electrons. The number of nitrogens with one attached hydrogen (secondary N) is 3. The first-order valence-corrected chi connectivity index (χ1v) is 21.0. The number of ether oxygens (including phenoxy) is 3. The molecule has 3 atom stereocenters. The van der Waals surface area contributed by atoms with Crippen LogP contribution >= 0.6 is 0 Å². The van der Waals surface area contributed by atoms with Gasteiger partial charge in [0, 0.05) is 90.5 Å². The maximum atomic E-state index is 12.5. The summed E-state index contributed by atoms with van der Waals surface area (Å²) < 4.78 is 14.9. The Morgan fingerprint density at radius 3 is 1.25 bits per heavy atom. The number of hydrogen-bond donors (Lipinski definition) is 4. The Hall–Kier alpha value is -8.63. The Morgan fingerprint density at radius 2 is 0.928 bits per heavy atom. The van der Waals surface area contributed by atoms with Crippen LogP contribution in [0.4, 0.5) is 17.1 Å². The molecule has 0 fully saturated rings. The van der Waals surface area contributed by atoms with Crippen molar-refractivity contribution < 1.29 is 67.6 Å². The van der Waals surface area contributed by atoms with Gasteiger partial charge < -0.3 is 35.3 Å². The molecule has 3 aromatic rings. The lowest BCUT2D eigenvalue weighted by Gasteiger charge is -2.26. The Morgan fingerprint density at radius 1 is 0.594 bits per heavy atom. The van der Waals surface area contributed by atoms with Crippen LogP contribution in [0.25, 0.3) is 0 Å². The molecule has 3 aromatic carbocycles. The molecule has 0 saturated carbocycles. The molecule has 0 bridgehead atoms. The Kier molecular flexibility index (Phi) is 18.2. The predicted octanol–water partition coefficient (Wildman–Crippen LogP) is 5.76. The molecule has 0 saturated heterocycles. The lowest BCUT2D eigenvalue weighted by atomic mass is 9.84. The maximum Gasteiger partial charge on any atom is 0.339 e. The molecule has 3 amide bonds. The SMILES string of the molecule is CC1=C(C(=O)O)[C@H](c2cccc([N+](=O)[O-])c2)CC(=O)N1.CC1=C(C(=O)OCOC(=O)C(C)C)[C@H](c2cccc([N+](=O)[O-])c2)CC(=O)N1.CCOC(=O)C1=C(C)NC(=O)C[C@H]1c1cccc([N+](=O)[O-])c1. The molecule has 23 nitrogen and oxygen atoms in total. The summed E-state index contributed by atoms with van der Waals surface area (Å²) in [5.41, 5.74) is 2.64. The number of carbonyl (C=O) groups is 7. The van der Waals surface area contributed by atoms with Gasteiger partial charge in [0.15, 0.2) is 0 Å². The normalized spacial score (nSPS) is 17.7. The van der Waals surface area contributed by atoms with Gasteiger partial charge in [0.25, 0.3) is 17.1 Å². The largest absolute Gasteiger partial charge is 0.478 e. The predicted molar refractivity (Wildman–Crippen MR) is 240 cm³/mol. The molecule has 0 aromatic heterocycles. The fourth-order valence-electron chi connectivity index (χ4n) is 7.54. The van der Waals surface area contributed by atoms with Gasteiger partial charge in [-0.25, -0.2) is 14.4 Å². The first-order valence-electron chi connectivity index (χ1n) is 21.0. The Balaban J connectivity index is 0.000000228. The van der Waals surface area contributed by atoms with E-state index in [-0.39, 0.29) is 83.4 Å². The van der Waals surface area contributed by atoms with E-state index < -0.39 is 63.2 Å². The van der Waals surface area contributed by atoms with Gasteiger partial charge >= 0.3 is 23.9 Å².